The molecule has 2 heterocycles. The van der Waals surface area contributed by atoms with Gasteiger partial charge in [0.25, 0.3) is 5.91 Å². The average molecular weight is 545 g/mol. The highest BCUT2D eigenvalue weighted by molar-refractivity contribution is 6.51. The summed E-state index contributed by atoms with van der Waals surface area (Å²) >= 11 is 0. The van der Waals surface area contributed by atoms with E-state index in [9.17, 15) is 14.4 Å². The molecule has 0 atom stereocenters. The fourth-order valence-corrected chi connectivity index (χ4v) is 6.06. The molecule has 2 aliphatic heterocycles. The van der Waals surface area contributed by atoms with E-state index in [2.05, 4.69) is 4.99 Å². The zero-order chi connectivity index (χ0) is 28.3. The fourth-order valence-electron chi connectivity index (χ4n) is 6.06. The van der Waals surface area contributed by atoms with Crippen LogP contribution in [0, 0.1) is 5.41 Å². The van der Waals surface area contributed by atoms with E-state index >= 15 is 0 Å². The monoisotopic (exact) mass is 544 g/mol. The van der Waals surface area contributed by atoms with Crippen LogP contribution in [0.3, 0.4) is 0 Å². The van der Waals surface area contributed by atoms with Crippen molar-refractivity contribution in [2.75, 3.05) is 36.6 Å². The SMILES string of the molecule is CCOC(=O)C(N)=C1CCN(c2ccc(N3CCC4(CCCC4)CC3=O)cc2)C(=O)C1=Nc1ccc(OC)cc1. The molecule has 0 radical (unpaired) electrons. The maximum atomic E-state index is 13.8. The maximum absolute atomic E-state index is 13.8. The zero-order valence-electron chi connectivity index (χ0n) is 23.2. The quantitative estimate of drug-likeness (QED) is 0.418. The lowest BCUT2D eigenvalue weighted by molar-refractivity contribution is -0.138. The first-order valence-corrected chi connectivity index (χ1v) is 14.0. The van der Waals surface area contributed by atoms with E-state index in [1.165, 1.54) is 12.8 Å². The van der Waals surface area contributed by atoms with Crippen molar-refractivity contribution in [1.82, 2.24) is 0 Å². The molecule has 0 bridgehead atoms. The Labute approximate surface area is 234 Å². The summed E-state index contributed by atoms with van der Waals surface area (Å²) in [6.45, 7) is 2.91. The van der Waals surface area contributed by atoms with Crippen LogP contribution in [-0.4, -0.2) is 50.3 Å². The van der Waals surface area contributed by atoms with E-state index < -0.39 is 5.97 Å². The van der Waals surface area contributed by atoms with Gasteiger partial charge in [0.2, 0.25) is 5.91 Å². The Kier molecular flexibility index (Phi) is 7.91. The van der Waals surface area contributed by atoms with Crippen molar-refractivity contribution in [3.63, 3.8) is 0 Å². The van der Waals surface area contributed by atoms with Crippen LogP contribution in [0.15, 0.2) is 64.8 Å². The minimum atomic E-state index is -0.670. The molecule has 1 saturated carbocycles. The van der Waals surface area contributed by atoms with Gasteiger partial charge >= 0.3 is 5.97 Å². The number of hydrogen-bond acceptors (Lipinski definition) is 7. The molecular weight excluding hydrogens is 508 g/mol. The lowest BCUT2D eigenvalue weighted by atomic mass is 9.76. The van der Waals surface area contributed by atoms with Gasteiger partial charge in [-0.05, 0) is 86.6 Å². The highest BCUT2D eigenvalue weighted by atomic mass is 16.5. The first-order chi connectivity index (χ1) is 19.3. The molecule has 40 heavy (non-hydrogen) atoms. The van der Waals surface area contributed by atoms with Crippen molar-refractivity contribution >= 4 is 40.6 Å². The number of carbonyl (C=O) groups is 3. The number of aliphatic imine (C=N–C) groups is 1. The van der Waals surface area contributed by atoms with E-state index in [0.29, 0.717) is 42.1 Å². The highest BCUT2D eigenvalue weighted by Gasteiger charge is 2.41. The lowest BCUT2D eigenvalue weighted by Gasteiger charge is -2.39. The first-order valence-electron chi connectivity index (χ1n) is 14.0. The van der Waals surface area contributed by atoms with Gasteiger partial charge in [0.05, 0.1) is 19.4 Å². The molecule has 9 nitrogen and oxygen atoms in total. The molecule has 1 aliphatic carbocycles. The Hall–Kier alpha value is -4.14. The second-order valence-electron chi connectivity index (χ2n) is 10.7. The minimum absolute atomic E-state index is 0.0964. The Morgan fingerprint density at radius 1 is 0.950 bits per heavy atom. The lowest BCUT2D eigenvalue weighted by Crippen LogP contribution is -2.44. The molecule has 9 heteroatoms. The van der Waals surface area contributed by atoms with Gasteiger partial charge in [-0.1, -0.05) is 12.8 Å². The van der Waals surface area contributed by atoms with Gasteiger partial charge in [-0.2, -0.15) is 0 Å². The van der Waals surface area contributed by atoms with Crippen LogP contribution in [0.2, 0.25) is 0 Å². The third kappa shape index (κ3) is 5.46. The van der Waals surface area contributed by atoms with Crippen molar-refractivity contribution in [1.29, 1.82) is 0 Å². The molecule has 2 saturated heterocycles. The number of esters is 1. The molecule has 2 aromatic carbocycles. The Balaban J connectivity index is 1.40. The maximum Gasteiger partial charge on any atom is 0.354 e. The molecule has 2 amide bonds. The Morgan fingerprint density at radius 2 is 1.60 bits per heavy atom. The summed E-state index contributed by atoms with van der Waals surface area (Å²) in [4.78, 5) is 47.4. The second-order valence-corrected chi connectivity index (χ2v) is 10.7. The van der Waals surface area contributed by atoms with Gasteiger partial charge in [0.15, 0.2) is 0 Å². The van der Waals surface area contributed by atoms with E-state index in [0.717, 1.165) is 31.5 Å². The fraction of sp³-hybridized carbons (Fsp3) is 0.419. The molecule has 2 aromatic rings. The number of amides is 2. The molecule has 2 N–H and O–H groups in total. The molecule has 1 spiro atoms. The van der Waals surface area contributed by atoms with E-state index in [1.807, 2.05) is 29.2 Å². The van der Waals surface area contributed by atoms with Gasteiger partial charge in [-0.3, -0.25) is 9.59 Å². The highest BCUT2D eigenvalue weighted by Crippen LogP contribution is 2.47. The van der Waals surface area contributed by atoms with Gasteiger partial charge in [-0.15, -0.1) is 0 Å². The zero-order valence-corrected chi connectivity index (χ0v) is 23.2. The van der Waals surface area contributed by atoms with Crippen molar-refractivity contribution in [2.45, 2.75) is 51.9 Å². The first kappa shape index (κ1) is 27.4. The number of nitrogens with two attached hydrogens (primary N) is 1. The molecule has 0 aromatic heterocycles. The predicted molar refractivity (Wildman–Crippen MR) is 154 cm³/mol. The standard InChI is InChI=1S/C31H36N4O5/c1-3-40-30(38)27(32)25-14-18-35(29(37)28(25)33-21-6-12-24(39-2)13-7-21)23-10-8-22(9-11-23)34-19-17-31(20-26(34)36)15-4-5-16-31/h6-13H,3-5,14-20,32H2,1-2H3. The number of rotatable bonds is 6. The van der Waals surface area contributed by atoms with Crippen molar-refractivity contribution < 1.29 is 23.9 Å². The largest absolute Gasteiger partial charge is 0.497 e. The molecule has 0 unspecified atom stereocenters. The van der Waals surface area contributed by atoms with Gasteiger partial charge in [0.1, 0.15) is 17.2 Å². The van der Waals surface area contributed by atoms with E-state index in [4.69, 9.17) is 15.2 Å². The summed E-state index contributed by atoms with van der Waals surface area (Å²) < 4.78 is 10.3. The van der Waals surface area contributed by atoms with Gasteiger partial charge in [0, 0.05) is 36.5 Å². The smallest absolute Gasteiger partial charge is 0.354 e. The molecule has 3 aliphatic rings. The number of ether oxygens (including phenoxy) is 2. The van der Waals surface area contributed by atoms with E-state index in [1.54, 1.807) is 43.2 Å². The van der Waals surface area contributed by atoms with Crippen LogP contribution in [0.25, 0.3) is 0 Å². The minimum Gasteiger partial charge on any atom is -0.497 e. The number of nitrogens with zero attached hydrogens (tertiary/aromatic N) is 3. The molecule has 5 rings (SSSR count). The van der Waals surface area contributed by atoms with Gasteiger partial charge < -0.3 is 25.0 Å². The number of hydrogen-bond donors (Lipinski definition) is 1. The summed E-state index contributed by atoms with van der Waals surface area (Å²) in [5.41, 5.74) is 8.77. The van der Waals surface area contributed by atoms with Crippen LogP contribution in [0.5, 0.6) is 5.75 Å². The summed E-state index contributed by atoms with van der Waals surface area (Å²) in [6.07, 6.45) is 6.73. The number of anilines is 2. The Bertz CT molecular complexity index is 1340. The topological polar surface area (TPSA) is 115 Å². The molecular formula is C31H36N4O5. The Morgan fingerprint density at radius 3 is 2.20 bits per heavy atom. The van der Waals surface area contributed by atoms with E-state index in [-0.39, 0.29) is 35.2 Å². The third-order valence-electron chi connectivity index (χ3n) is 8.28. The molecule has 210 valence electrons. The van der Waals surface area contributed by atoms with Crippen molar-refractivity contribution in [2.24, 2.45) is 16.1 Å². The van der Waals surface area contributed by atoms with Gasteiger partial charge in [-0.25, -0.2) is 9.79 Å². The number of methoxy groups -OCH3 is 1. The number of piperidine rings is 2. The van der Waals surface area contributed by atoms with Crippen LogP contribution < -0.4 is 20.3 Å². The summed E-state index contributed by atoms with van der Waals surface area (Å²) in [5.74, 6) is -0.202. The molecule has 3 fully saturated rings. The predicted octanol–water partition coefficient (Wildman–Crippen LogP) is 4.67. The number of carbonyl (C=O) groups excluding carboxylic acids is 3. The van der Waals surface area contributed by atoms with Crippen LogP contribution >= 0.6 is 0 Å². The summed E-state index contributed by atoms with van der Waals surface area (Å²) in [5, 5.41) is 0. The van der Waals surface area contributed by atoms with Crippen LogP contribution in [-0.2, 0) is 19.1 Å². The number of benzene rings is 2. The summed E-state index contributed by atoms with van der Waals surface area (Å²) in [6, 6.07) is 14.5. The van der Waals surface area contributed by atoms with Crippen LogP contribution in [0.1, 0.15) is 51.9 Å². The third-order valence-corrected chi connectivity index (χ3v) is 8.28. The van der Waals surface area contributed by atoms with Crippen molar-refractivity contribution in [3.05, 3.63) is 59.8 Å². The second kappa shape index (κ2) is 11.5. The summed E-state index contributed by atoms with van der Waals surface area (Å²) in [7, 11) is 1.57. The normalized spacial score (nSPS) is 21.2. The van der Waals surface area contributed by atoms with Crippen LogP contribution in [0.4, 0.5) is 17.1 Å². The average Bonchev–Trinajstić information content (AvgIpc) is 3.42. The van der Waals surface area contributed by atoms with Crippen molar-refractivity contribution in [3.8, 4) is 5.75 Å².